The Balaban J connectivity index is 1.67. The SMILES string of the molecule is O=[N+]([O-])c1cc(S(=O)(=O)C(F)(F)F)ccc1N1CCC(CCN2CCOCC2)CC1. The first-order chi connectivity index (χ1) is 14.1. The number of hydrogen-bond acceptors (Lipinski definition) is 7. The minimum atomic E-state index is -5.64. The molecule has 0 amide bonds. The molecule has 0 N–H and O–H groups in total. The van der Waals surface area contributed by atoms with Crippen LogP contribution in [0.5, 0.6) is 0 Å². The van der Waals surface area contributed by atoms with Crippen LogP contribution in [0.4, 0.5) is 24.5 Å². The number of nitro groups is 1. The van der Waals surface area contributed by atoms with Crippen LogP contribution in [0, 0.1) is 16.0 Å². The zero-order valence-electron chi connectivity index (χ0n) is 16.3. The van der Waals surface area contributed by atoms with Crippen molar-refractivity contribution in [1.82, 2.24) is 4.90 Å². The van der Waals surface area contributed by atoms with E-state index in [4.69, 9.17) is 4.74 Å². The first-order valence-corrected chi connectivity index (χ1v) is 11.2. The van der Waals surface area contributed by atoms with Crippen LogP contribution in [0.3, 0.4) is 0 Å². The number of hydrogen-bond donors (Lipinski definition) is 0. The molecular weight excluding hydrogens is 427 g/mol. The van der Waals surface area contributed by atoms with Crippen molar-refractivity contribution >= 4 is 21.2 Å². The van der Waals surface area contributed by atoms with Crippen molar-refractivity contribution in [3.8, 4) is 0 Å². The Hall–Kier alpha value is -1.92. The number of nitrogens with zero attached hydrogens (tertiary/aromatic N) is 3. The standard InChI is InChI=1S/C18H24F3N3O5S/c19-18(20,21)30(27,28)15-1-2-16(17(13-15)24(25)26)23-7-4-14(5-8-23)3-6-22-9-11-29-12-10-22/h1-2,13-14H,3-12H2. The van der Waals surface area contributed by atoms with E-state index >= 15 is 0 Å². The van der Waals surface area contributed by atoms with E-state index in [1.807, 2.05) is 0 Å². The molecule has 2 aliphatic heterocycles. The summed E-state index contributed by atoms with van der Waals surface area (Å²) in [6.45, 7) is 5.33. The monoisotopic (exact) mass is 451 g/mol. The van der Waals surface area contributed by atoms with Crippen molar-refractivity contribution in [2.75, 3.05) is 50.8 Å². The summed E-state index contributed by atoms with van der Waals surface area (Å²) in [4.78, 5) is 13.6. The molecule has 2 heterocycles. The molecule has 30 heavy (non-hydrogen) atoms. The number of rotatable bonds is 6. The number of ether oxygens (including phenoxy) is 1. The minimum absolute atomic E-state index is 0.146. The first kappa shape index (κ1) is 22.8. The quantitative estimate of drug-likeness (QED) is 0.485. The molecule has 0 aliphatic carbocycles. The molecule has 2 aliphatic rings. The second kappa shape index (κ2) is 9.06. The third-order valence-corrected chi connectivity index (χ3v) is 7.16. The fourth-order valence-electron chi connectivity index (χ4n) is 3.87. The Bertz CT molecular complexity index is 864. The molecule has 0 spiro atoms. The van der Waals surface area contributed by atoms with Crippen LogP contribution < -0.4 is 4.90 Å². The van der Waals surface area contributed by atoms with Crippen LogP contribution >= 0.6 is 0 Å². The zero-order chi connectivity index (χ0) is 21.9. The summed E-state index contributed by atoms with van der Waals surface area (Å²) in [6.07, 6.45) is 2.63. The van der Waals surface area contributed by atoms with Crippen LogP contribution in [0.1, 0.15) is 19.3 Å². The van der Waals surface area contributed by atoms with E-state index in [1.54, 1.807) is 4.90 Å². The molecule has 0 bridgehead atoms. The van der Waals surface area contributed by atoms with Crippen LogP contribution in [0.25, 0.3) is 0 Å². The molecule has 0 unspecified atom stereocenters. The average molecular weight is 451 g/mol. The summed E-state index contributed by atoms with van der Waals surface area (Å²) >= 11 is 0. The van der Waals surface area contributed by atoms with Gasteiger partial charge in [-0.2, -0.15) is 13.2 Å². The Labute approximate surface area is 172 Å². The summed E-state index contributed by atoms with van der Waals surface area (Å²) in [5, 5.41) is 11.4. The van der Waals surface area contributed by atoms with Crippen molar-refractivity contribution in [3.05, 3.63) is 28.3 Å². The molecular formula is C18H24F3N3O5S. The highest BCUT2D eigenvalue weighted by molar-refractivity contribution is 7.92. The second-order valence-corrected chi connectivity index (χ2v) is 9.47. The van der Waals surface area contributed by atoms with Gasteiger partial charge in [-0.1, -0.05) is 0 Å². The van der Waals surface area contributed by atoms with Gasteiger partial charge in [0.05, 0.1) is 23.0 Å². The maximum absolute atomic E-state index is 12.8. The zero-order valence-corrected chi connectivity index (χ0v) is 17.1. The molecule has 0 aromatic heterocycles. The van der Waals surface area contributed by atoms with E-state index in [9.17, 15) is 31.7 Å². The molecule has 1 aromatic rings. The van der Waals surface area contributed by atoms with Crippen LogP contribution in [0.15, 0.2) is 23.1 Å². The van der Waals surface area contributed by atoms with Gasteiger partial charge in [0, 0.05) is 32.2 Å². The van der Waals surface area contributed by atoms with Crippen molar-refractivity contribution in [2.45, 2.75) is 29.7 Å². The van der Waals surface area contributed by atoms with Gasteiger partial charge in [0.2, 0.25) is 0 Å². The molecule has 168 valence electrons. The summed E-state index contributed by atoms with van der Waals surface area (Å²) in [5.74, 6) is 0.466. The van der Waals surface area contributed by atoms with Gasteiger partial charge in [0.1, 0.15) is 5.69 Å². The summed E-state index contributed by atoms with van der Waals surface area (Å²) < 4.78 is 66.8. The smallest absolute Gasteiger partial charge is 0.379 e. The Morgan fingerprint density at radius 1 is 1.13 bits per heavy atom. The molecule has 12 heteroatoms. The maximum Gasteiger partial charge on any atom is 0.501 e. The highest BCUT2D eigenvalue weighted by atomic mass is 32.2. The van der Waals surface area contributed by atoms with E-state index < -0.39 is 30.9 Å². The molecule has 8 nitrogen and oxygen atoms in total. The van der Waals surface area contributed by atoms with Gasteiger partial charge in [-0.15, -0.1) is 0 Å². The minimum Gasteiger partial charge on any atom is -0.379 e. The van der Waals surface area contributed by atoms with Crippen molar-refractivity contribution in [2.24, 2.45) is 5.92 Å². The van der Waals surface area contributed by atoms with Crippen LogP contribution in [-0.4, -0.2) is 69.7 Å². The molecule has 3 rings (SSSR count). The van der Waals surface area contributed by atoms with E-state index in [0.29, 0.717) is 25.1 Å². The van der Waals surface area contributed by atoms with E-state index in [-0.39, 0.29) is 5.69 Å². The predicted molar refractivity (Wildman–Crippen MR) is 103 cm³/mol. The van der Waals surface area contributed by atoms with Crippen LogP contribution in [-0.2, 0) is 14.6 Å². The number of anilines is 1. The highest BCUT2D eigenvalue weighted by Gasteiger charge is 2.47. The summed E-state index contributed by atoms with van der Waals surface area (Å²) in [6, 6.07) is 2.39. The predicted octanol–water partition coefficient (Wildman–Crippen LogP) is 2.83. The van der Waals surface area contributed by atoms with Gasteiger partial charge in [0.25, 0.3) is 15.5 Å². The molecule has 2 fully saturated rings. The largest absolute Gasteiger partial charge is 0.501 e. The first-order valence-electron chi connectivity index (χ1n) is 9.74. The van der Waals surface area contributed by atoms with E-state index in [2.05, 4.69) is 4.90 Å². The van der Waals surface area contributed by atoms with Gasteiger partial charge in [-0.25, -0.2) is 8.42 Å². The molecule has 2 saturated heterocycles. The van der Waals surface area contributed by atoms with E-state index in [1.165, 1.54) is 0 Å². The molecule has 0 saturated carbocycles. The number of sulfone groups is 1. The summed E-state index contributed by atoms with van der Waals surface area (Å²) in [5.41, 5.74) is -6.00. The van der Waals surface area contributed by atoms with Gasteiger partial charge in [-0.05, 0) is 43.9 Å². The summed E-state index contributed by atoms with van der Waals surface area (Å²) in [7, 11) is -5.64. The third-order valence-electron chi connectivity index (χ3n) is 5.67. The van der Waals surface area contributed by atoms with Gasteiger partial charge < -0.3 is 9.64 Å². The van der Waals surface area contributed by atoms with Crippen molar-refractivity contribution < 1.29 is 31.2 Å². The fourth-order valence-corrected chi connectivity index (χ4v) is 4.65. The third kappa shape index (κ3) is 5.03. The lowest BCUT2D eigenvalue weighted by atomic mass is 9.93. The Kier molecular flexibility index (Phi) is 6.88. The molecule has 0 atom stereocenters. The number of morpholine rings is 1. The lowest BCUT2D eigenvalue weighted by Gasteiger charge is -2.35. The van der Waals surface area contributed by atoms with Gasteiger partial charge >= 0.3 is 5.51 Å². The maximum atomic E-state index is 12.8. The molecule has 0 radical (unpaired) electrons. The second-order valence-electron chi connectivity index (χ2n) is 7.53. The van der Waals surface area contributed by atoms with E-state index in [0.717, 1.165) is 64.2 Å². The number of nitro benzene ring substituents is 1. The van der Waals surface area contributed by atoms with Gasteiger partial charge in [-0.3, -0.25) is 15.0 Å². The highest BCUT2D eigenvalue weighted by Crippen LogP contribution is 2.37. The Morgan fingerprint density at radius 2 is 1.77 bits per heavy atom. The Morgan fingerprint density at radius 3 is 2.33 bits per heavy atom. The number of benzene rings is 1. The van der Waals surface area contributed by atoms with Crippen molar-refractivity contribution in [3.63, 3.8) is 0 Å². The fraction of sp³-hybridized carbons (Fsp3) is 0.667. The lowest BCUT2D eigenvalue weighted by Crippen LogP contribution is -2.39. The van der Waals surface area contributed by atoms with Crippen molar-refractivity contribution in [1.29, 1.82) is 0 Å². The topological polar surface area (TPSA) is 93.0 Å². The normalized spacial score (nSPS) is 19.8. The number of alkyl halides is 3. The van der Waals surface area contributed by atoms with Crippen LogP contribution in [0.2, 0.25) is 0 Å². The number of halogens is 3. The number of piperidine rings is 1. The van der Waals surface area contributed by atoms with Gasteiger partial charge in [0.15, 0.2) is 0 Å². The molecule has 1 aromatic carbocycles. The lowest BCUT2D eigenvalue weighted by molar-refractivity contribution is -0.384. The average Bonchev–Trinajstić information content (AvgIpc) is 2.72.